The Bertz CT molecular complexity index is 430. The summed E-state index contributed by atoms with van der Waals surface area (Å²) in [6.45, 7) is 11.1. The molecule has 0 bridgehead atoms. The van der Waals surface area contributed by atoms with Gasteiger partial charge in [-0.3, -0.25) is 19.6 Å². The average molecular weight is 329 g/mol. The molecule has 7 nitrogen and oxygen atoms in total. The van der Waals surface area contributed by atoms with Crippen molar-refractivity contribution in [3.63, 3.8) is 0 Å². The molecule has 0 radical (unpaired) electrons. The number of nitrogens with one attached hydrogen (secondary N) is 3. The first-order chi connectivity index (χ1) is 10.4. The van der Waals surface area contributed by atoms with Gasteiger partial charge in [-0.2, -0.15) is 0 Å². The summed E-state index contributed by atoms with van der Waals surface area (Å²) in [4.78, 5) is 36.4. The molecule has 0 saturated carbocycles. The van der Waals surface area contributed by atoms with Crippen LogP contribution in [0.15, 0.2) is 0 Å². The quantitative estimate of drug-likeness (QED) is 0.414. The molecule has 134 valence electrons. The number of carbonyl (C=O) groups excluding carboxylic acids is 3. The highest BCUT2D eigenvalue weighted by Gasteiger charge is 2.37. The molecule has 0 aromatic rings. The molecule has 0 aliphatic heterocycles. The Morgan fingerprint density at radius 2 is 1.52 bits per heavy atom. The minimum absolute atomic E-state index is 0.188. The Hall–Kier alpha value is -1.63. The van der Waals surface area contributed by atoms with Crippen molar-refractivity contribution in [2.45, 2.75) is 54.0 Å². The molecule has 0 fully saturated rings. The maximum Gasteiger partial charge on any atom is 0.246 e. The van der Waals surface area contributed by atoms with Gasteiger partial charge in [0.25, 0.3) is 0 Å². The van der Waals surface area contributed by atoms with Gasteiger partial charge in [0.05, 0.1) is 0 Å². The molecule has 23 heavy (non-hydrogen) atoms. The summed E-state index contributed by atoms with van der Waals surface area (Å²) >= 11 is 0. The highest BCUT2D eigenvalue weighted by atomic mass is 16.5. The number of hydrogen-bond acceptors (Lipinski definition) is 4. The molecule has 0 saturated heterocycles. The van der Waals surface area contributed by atoms with Gasteiger partial charge in [0.1, 0.15) is 6.04 Å². The summed E-state index contributed by atoms with van der Waals surface area (Å²) in [6.07, 6.45) is 0.477. The number of carbonyl (C=O) groups is 3. The largest absolute Gasteiger partial charge is 0.357 e. The van der Waals surface area contributed by atoms with Crippen LogP contribution in [0.25, 0.3) is 0 Å². The van der Waals surface area contributed by atoms with Gasteiger partial charge in [0, 0.05) is 18.9 Å². The van der Waals surface area contributed by atoms with Crippen molar-refractivity contribution in [3.05, 3.63) is 0 Å². The van der Waals surface area contributed by atoms with E-state index in [9.17, 15) is 14.4 Å². The summed E-state index contributed by atoms with van der Waals surface area (Å²) in [5, 5.41) is 14.1. The molecule has 0 heterocycles. The number of hydrogen-bond donors (Lipinski definition) is 4. The lowest BCUT2D eigenvalue weighted by atomic mass is 9.82. The van der Waals surface area contributed by atoms with Gasteiger partial charge in [-0.05, 0) is 17.8 Å². The van der Waals surface area contributed by atoms with E-state index in [1.165, 1.54) is 7.05 Å². The second-order valence-corrected chi connectivity index (χ2v) is 7.42. The summed E-state index contributed by atoms with van der Waals surface area (Å²) in [5.41, 5.74) is 1.12. The predicted molar refractivity (Wildman–Crippen MR) is 87.5 cm³/mol. The molecule has 0 unspecified atom stereocenters. The SMILES string of the molecule is CNC(=O)[C@H](NC(=O)[C@H](CC(C)C)[C@@H](C)C(=O)NO)C(C)(C)C. The third kappa shape index (κ3) is 6.56. The summed E-state index contributed by atoms with van der Waals surface area (Å²) in [5.74, 6) is -2.40. The van der Waals surface area contributed by atoms with Crippen LogP contribution in [-0.2, 0) is 14.4 Å². The minimum atomic E-state index is -0.709. The van der Waals surface area contributed by atoms with E-state index >= 15 is 0 Å². The van der Waals surface area contributed by atoms with Crippen molar-refractivity contribution >= 4 is 17.7 Å². The van der Waals surface area contributed by atoms with Gasteiger partial charge < -0.3 is 10.6 Å². The molecular weight excluding hydrogens is 298 g/mol. The highest BCUT2D eigenvalue weighted by Crippen LogP contribution is 2.24. The fourth-order valence-electron chi connectivity index (χ4n) is 2.40. The topological polar surface area (TPSA) is 108 Å². The molecule has 0 aromatic heterocycles. The monoisotopic (exact) mass is 329 g/mol. The third-order valence-electron chi connectivity index (χ3n) is 3.85. The zero-order chi connectivity index (χ0) is 18.4. The third-order valence-corrected chi connectivity index (χ3v) is 3.85. The van der Waals surface area contributed by atoms with E-state index in [1.807, 2.05) is 34.6 Å². The Kier molecular flexibility index (Phi) is 8.23. The van der Waals surface area contributed by atoms with Gasteiger partial charge >= 0.3 is 0 Å². The van der Waals surface area contributed by atoms with E-state index in [2.05, 4.69) is 10.6 Å². The van der Waals surface area contributed by atoms with Gasteiger partial charge in [0.15, 0.2) is 0 Å². The van der Waals surface area contributed by atoms with Crippen LogP contribution in [0, 0.1) is 23.2 Å². The smallest absolute Gasteiger partial charge is 0.246 e. The maximum absolute atomic E-state index is 12.7. The van der Waals surface area contributed by atoms with Crippen LogP contribution >= 0.6 is 0 Å². The minimum Gasteiger partial charge on any atom is -0.357 e. The molecular formula is C16H31N3O4. The molecule has 0 aliphatic rings. The highest BCUT2D eigenvalue weighted by molar-refractivity contribution is 5.91. The average Bonchev–Trinajstić information content (AvgIpc) is 2.46. The Morgan fingerprint density at radius 3 is 1.87 bits per heavy atom. The number of rotatable bonds is 7. The Balaban J connectivity index is 5.35. The molecule has 0 aromatic carbocycles. The van der Waals surface area contributed by atoms with E-state index in [1.54, 1.807) is 12.4 Å². The first-order valence-electron chi connectivity index (χ1n) is 7.91. The number of likely N-dealkylation sites (N-methyl/N-ethyl adjacent to an activating group) is 1. The van der Waals surface area contributed by atoms with Gasteiger partial charge in [-0.1, -0.05) is 41.5 Å². The molecule has 4 N–H and O–H groups in total. The molecule has 3 amide bonds. The first kappa shape index (κ1) is 21.4. The summed E-state index contributed by atoms with van der Waals surface area (Å²) < 4.78 is 0. The van der Waals surface area contributed by atoms with Crippen LogP contribution in [0.1, 0.15) is 48.0 Å². The lowest BCUT2D eigenvalue weighted by Crippen LogP contribution is -2.55. The first-order valence-corrected chi connectivity index (χ1v) is 7.91. The summed E-state index contributed by atoms with van der Waals surface area (Å²) in [6, 6.07) is -0.709. The van der Waals surface area contributed by atoms with Crippen LogP contribution in [0.2, 0.25) is 0 Å². The number of amides is 3. The lowest BCUT2D eigenvalue weighted by molar-refractivity contribution is -0.141. The molecule has 0 spiro atoms. The normalized spacial score (nSPS) is 15.5. The van der Waals surface area contributed by atoms with E-state index in [0.29, 0.717) is 6.42 Å². The van der Waals surface area contributed by atoms with Crippen molar-refractivity contribution in [1.82, 2.24) is 16.1 Å². The zero-order valence-electron chi connectivity index (χ0n) is 15.2. The fraction of sp³-hybridized carbons (Fsp3) is 0.812. The van der Waals surface area contributed by atoms with E-state index in [-0.39, 0.29) is 17.7 Å². The van der Waals surface area contributed by atoms with E-state index in [0.717, 1.165) is 0 Å². The maximum atomic E-state index is 12.7. The second kappa shape index (κ2) is 8.86. The molecule has 0 rings (SSSR count). The van der Waals surface area contributed by atoms with Gasteiger partial charge in [0.2, 0.25) is 17.7 Å². The van der Waals surface area contributed by atoms with Crippen LogP contribution < -0.4 is 16.1 Å². The van der Waals surface area contributed by atoms with E-state index in [4.69, 9.17) is 5.21 Å². The lowest BCUT2D eigenvalue weighted by Gasteiger charge is -2.32. The van der Waals surface area contributed by atoms with Gasteiger partial charge in [-0.15, -0.1) is 0 Å². The Morgan fingerprint density at radius 1 is 1.00 bits per heavy atom. The predicted octanol–water partition coefficient (Wildman–Crippen LogP) is 1.07. The van der Waals surface area contributed by atoms with Crippen molar-refractivity contribution < 1.29 is 19.6 Å². The molecule has 7 heteroatoms. The molecule has 3 atom stereocenters. The van der Waals surface area contributed by atoms with Crippen LogP contribution in [0.3, 0.4) is 0 Å². The Labute approximate surface area is 138 Å². The van der Waals surface area contributed by atoms with Crippen molar-refractivity contribution in [2.75, 3.05) is 7.05 Å². The van der Waals surface area contributed by atoms with Crippen molar-refractivity contribution in [2.24, 2.45) is 23.2 Å². The number of hydroxylamine groups is 1. The van der Waals surface area contributed by atoms with Crippen molar-refractivity contribution in [3.8, 4) is 0 Å². The molecule has 0 aliphatic carbocycles. The standard InChI is InChI=1S/C16H31N3O4/c1-9(2)8-11(10(3)13(20)19-23)14(21)18-12(15(22)17-7)16(4,5)6/h9-12,23H,8H2,1-7H3,(H,17,22)(H,18,21)(H,19,20)/t10-,11-,12+/m1/s1. The van der Waals surface area contributed by atoms with Crippen LogP contribution in [0.4, 0.5) is 0 Å². The second-order valence-electron chi connectivity index (χ2n) is 7.42. The fourth-order valence-corrected chi connectivity index (χ4v) is 2.40. The summed E-state index contributed by atoms with van der Waals surface area (Å²) in [7, 11) is 1.51. The van der Waals surface area contributed by atoms with Gasteiger partial charge in [-0.25, -0.2) is 5.48 Å². The van der Waals surface area contributed by atoms with Crippen LogP contribution in [-0.4, -0.2) is 36.0 Å². The van der Waals surface area contributed by atoms with Crippen molar-refractivity contribution in [1.29, 1.82) is 0 Å². The zero-order valence-corrected chi connectivity index (χ0v) is 15.2. The van der Waals surface area contributed by atoms with E-state index < -0.39 is 29.2 Å². The van der Waals surface area contributed by atoms with Crippen LogP contribution in [0.5, 0.6) is 0 Å².